The Bertz CT molecular complexity index is 847. The number of ether oxygens (including phenoxy) is 1. The Morgan fingerprint density at radius 2 is 1.96 bits per heavy atom. The Morgan fingerprint density at radius 1 is 1.15 bits per heavy atom. The Kier molecular flexibility index (Phi) is 4.55. The fourth-order valence-electron chi connectivity index (χ4n) is 3.64. The van der Waals surface area contributed by atoms with Crippen molar-refractivity contribution in [1.82, 2.24) is 4.90 Å². The van der Waals surface area contributed by atoms with Gasteiger partial charge in [0.05, 0.1) is 17.2 Å². The zero-order valence-electron chi connectivity index (χ0n) is 14.5. The zero-order valence-corrected chi connectivity index (χ0v) is 14.5. The van der Waals surface area contributed by atoms with Gasteiger partial charge in [-0.3, -0.25) is 4.79 Å². The molecule has 1 fully saturated rings. The van der Waals surface area contributed by atoms with E-state index in [2.05, 4.69) is 5.32 Å². The van der Waals surface area contributed by atoms with Crippen LogP contribution < -0.4 is 5.32 Å². The molecule has 0 radical (unpaired) electrons. The molecule has 1 saturated heterocycles. The number of fused-ring (bicyclic) bond motifs is 1. The van der Waals surface area contributed by atoms with Crippen molar-refractivity contribution >= 4 is 11.6 Å². The van der Waals surface area contributed by atoms with Crippen molar-refractivity contribution in [3.05, 3.63) is 65.2 Å². The standard InChI is InChI=1S/C20H19F3N2O2/c21-20(22,23)14-6-3-5-13(11-14)18-24-17-9-2-1-8-16(17)19(26)25(18)12-15-7-4-10-27-15/h1-3,5-6,8-9,11,15,18,24H,4,7,10,12H2. The summed E-state index contributed by atoms with van der Waals surface area (Å²) in [7, 11) is 0. The quantitative estimate of drug-likeness (QED) is 0.861. The third kappa shape index (κ3) is 3.51. The van der Waals surface area contributed by atoms with E-state index in [0.29, 0.717) is 30.0 Å². The molecule has 0 spiro atoms. The van der Waals surface area contributed by atoms with Crippen LogP contribution in [-0.2, 0) is 10.9 Å². The van der Waals surface area contributed by atoms with Gasteiger partial charge in [-0.25, -0.2) is 0 Å². The highest BCUT2D eigenvalue weighted by Crippen LogP contribution is 2.36. The van der Waals surface area contributed by atoms with E-state index in [0.717, 1.165) is 25.0 Å². The molecule has 0 bridgehead atoms. The number of carbonyl (C=O) groups is 1. The molecule has 0 aromatic heterocycles. The lowest BCUT2D eigenvalue weighted by Gasteiger charge is -2.39. The van der Waals surface area contributed by atoms with E-state index in [9.17, 15) is 18.0 Å². The van der Waals surface area contributed by atoms with E-state index in [-0.39, 0.29) is 12.0 Å². The molecular formula is C20H19F3N2O2. The van der Waals surface area contributed by atoms with Crippen LogP contribution in [0.1, 0.15) is 40.5 Å². The van der Waals surface area contributed by atoms with E-state index >= 15 is 0 Å². The van der Waals surface area contributed by atoms with Crippen LogP contribution in [0.3, 0.4) is 0 Å². The molecule has 2 aliphatic rings. The van der Waals surface area contributed by atoms with Gasteiger partial charge in [-0.2, -0.15) is 13.2 Å². The molecule has 0 saturated carbocycles. The summed E-state index contributed by atoms with van der Waals surface area (Å²) in [5.74, 6) is -0.206. The van der Waals surface area contributed by atoms with Gasteiger partial charge in [-0.05, 0) is 42.7 Å². The number of halogens is 3. The molecular weight excluding hydrogens is 357 g/mol. The summed E-state index contributed by atoms with van der Waals surface area (Å²) in [5.41, 5.74) is 0.795. The second kappa shape index (κ2) is 6.88. The average Bonchev–Trinajstić information content (AvgIpc) is 3.16. The molecule has 2 aromatic rings. The first-order valence-electron chi connectivity index (χ1n) is 8.89. The molecule has 2 heterocycles. The summed E-state index contributed by atoms with van der Waals surface area (Å²) < 4.78 is 45.1. The molecule has 142 valence electrons. The molecule has 0 aliphatic carbocycles. The number of carbonyl (C=O) groups excluding carboxylic acids is 1. The number of hydrogen-bond donors (Lipinski definition) is 1. The first-order valence-corrected chi connectivity index (χ1v) is 8.89. The minimum Gasteiger partial charge on any atom is -0.376 e. The van der Waals surface area contributed by atoms with Gasteiger partial charge in [0.2, 0.25) is 0 Å². The SMILES string of the molecule is O=C1c2ccccc2NC(c2cccc(C(F)(F)F)c2)N1CC1CCCO1. The lowest BCUT2D eigenvalue weighted by molar-refractivity contribution is -0.137. The highest BCUT2D eigenvalue weighted by atomic mass is 19.4. The fraction of sp³-hybridized carbons (Fsp3) is 0.350. The molecule has 4 nitrogen and oxygen atoms in total. The molecule has 2 aromatic carbocycles. The lowest BCUT2D eigenvalue weighted by Crippen LogP contribution is -2.46. The van der Waals surface area contributed by atoms with Gasteiger partial charge in [0.15, 0.2) is 0 Å². The third-order valence-electron chi connectivity index (χ3n) is 4.98. The summed E-state index contributed by atoms with van der Waals surface area (Å²) in [6.45, 7) is 0.978. The highest BCUT2D eigenvalue weighted by molar-refractivity contribution is 6.01. The largest absolute Gasteiger partial charge is 0.416 e. The van der Waals surface area contributed by atoms with Crippen molar-refractivity contribution in [3.63, 3.8) is 0 Å². The highest BCUT2D eigenvalue weighted by Gasteiger charge is 2.37. The Hall–Kier alpha value is -2.54. The van der Waals surface area contributed by atoms with Crippen molar-refractivity contribution in [1.29, 1.82) is 0 Å². The number of nitrogens with one attached hydrogen (secondary N) is 1. The molecule has 2 aliphatic heterocycles. The van der Waals surface area contributed by atoms with Crippen LogP contribution in [0, 0.1) is 0 Å². The topological polar surface area (TPSA) is 41.6 Å². The van der Waals surface area contributed by atoms with Crippen LogP contribution in [0.25, 0.3) is 0 Å². The van der Waals surface area contributed by atoms with Gasteiger partial charge < -0.3 is 15.0 Å². The number of nitrogens with zero attached hydrogens (tertiary/aromatic N) is 1. The Balaban J connectivity index is 1.73. The van der Waals surface area contributed by atoms with Crippen LogP contribution in [0.15, 0.2) is 48.5 Å². The van der Waals surface area contributed by atoms with Crippen LogP contribution in [-0.4, -0.2) is 30.1 Å². The summed E-state index contributed by atoms with van der Waals surface area (Å²) >= 11 is 0. The number of amides is 1. The molecule has 4 rings (SSSR count). The van der Waals surface area contributed by atoms with E-state index < -0.39 is 17.9 Å². The van der Waals surface area contributed by atoms with Gasteiger partial charge in [-0.15, -0.1) is 0 Å². The lowest BCUT2D eigenvalue weighted by atomic mass is 10.0. The van der Waals surface area contributed by atoms with Crippen LogP contribution in [0.5, 0.6) is 0 Å². The first-order chi connectivity index (χ1) is 12.9. The van der Waals surface area contributed by atoms with Crippen molar-refractivity contribution < 1.29 is 22.7 Å². The van der Waals surface area contributed by atoms with E-state index in [1.807, 2.05) is 0 Å². The normalized spacial score (nSPS) is 22.5. The second-order valence-corrected chi connectivity index (χ2v) is 6.81. The maximum atomic E-state index is 13.2. The van der Waals surface area contributed by atoms with Crippen LogP contribution in [0.2, 0.25) is 0 Å². The first kappa shape index (κ1) is 17.9. The predicted octanol–water partition coefficient (Wildman–Crippen LogP) is 4.45. The summed E-state index contributed by atoms with van der Waals surface area (Å²) in [6.07, 6.45) is -3.47. The Morgan fingerprint density at radius 3 is 2.70 bits per heavy atom. The molecule has 2 atom stereocenters. The van der Waals surface area contributed by atoms with Crippen molar-refractivity contribution in [2.45, 2.75) is 31.3 Å². The van der Waals surface area contributed by atoms with Gasteiger partial charge in [0.1, 0.15) is 6.17 Å². The van der Waals surface area contributed by atoms with Crippen LogP contribution >= 0.6 is 0 Å². The average molecular weight is 376 g/mol. The number of para-hydroxylation sites is 1. The summed E-state index contributed by atoms with van der Waals surface area (Å²) in [6, 6.07) is 12.2. The van der Waals surface area contributed by atoms with Crippen molar-refractivity contribution in [3.8, 4) is 0 Å². The number of rotatable bonds is 3. The van der Waals surface area contributed by atoms with E-state index in [4.69, 9.17) is 4.74 Å². The van der Waals surface area contributed by atoms with Crippen molar-refractivity contribution in [2.24, 2.45) is 0 Å². The molecule has 7 heteroatoms. The van der Waals surface area contributed by atoms with Gasteiger partial charge in [0, 0.05) is 18.8 Å². The predicted molar refractivity (Wildman–Crippen MR) is 94.3 cm³/mol. The van der Waals surface area contributed by atoms with Gasteiger partial charge in [0.25, 0.3) is 5.91 Å². The maximum absolute atomic E-state index is 13.2. The second-order valence-electron chi connectivity index (χ2n) is 6.81. The maximum Gasteiger partial charge on any atom is 0.416 e. The fourth-order valence-corrected chi connectivity index (χ4v) is 3.64. The van der Waals surface area contributed by atoms with Crippen LogP contribution in [0.4, 0.5) is 18.9 Å². The monoisotopic (exact) mass is 376 g/mol. The Labute approximate surface area is 154 Å². The van der Waals surface area contributed by atoms with Gasteiger partial charge >= 0.3 is 6.18 Å². The molecule has 27 heavy (non-hydrogen) atoms. The smallest absolute Gasteiger partial charge is 0.376 e. The summed E-state index contributed by atoms with van der Waals surface area (Å²) in [4.78, 5) is 14.7. The van der Waals surface area contributed by atoms with E-state index in [1.165, 1.54) is 6.07 Å². The minimum absolute atomic E-state index is 0.102. The van der Waals surface area contributed by atoms with Crippen molar-refractivity contribution in [2.75, 3.05) is 18.5 Å². The minimum atomic E-state index is -4.44. The number of anilines is 1. The molecule has 1 amide bonds. The number of benzene rings is 2. The summed E-state index contributed by atoms with van der Waals surface area (Å²) in [5, 5.41) is 3.23. The third-order valence-corrected chi connectivity index (χ3v) is 4.98. The number of hydrogen-bond acceptors (Lipinski definition) is 3. The molecule has 2 unspecified atom stereocenters. The molecule has 1 N–H and O–H groups in total. The number of alkyl halides is 3. The van der Waals surface area contributed by atoms with Gasteiger partial charge in [-0.1, -0.05) is 24.3 Å². The zero-order chi connectivity index (χ0) is 19.0. The van der Waals surface area contributed by atoms with E-state index in [1.54, 1.807) is 35.2 Å².